The highest BCUT2D eigenvalue weighted by Gasteiger charge is 2.45. The van der Waals surface area contributed by atoms with Gasteiger partial charge in [0, 0.05) is 42.9 Å². The summed E-state index contributed by atoms with van der Waals surface area (Å²) in [6, 6.07) is 14.0. The highest BCUT2D eigenvalue weighted by molar-refractivity contribution is 6.06. The van der Waals surface area contributed by atoms with Crippen LogP contribution in [0.1, 0.15) is 56.1 Å². The lowest BCUT2D eigenvalue weighted by atomic mass is 9.80. The van der Waals surface area contributed by atoms with Gasteiger partial charge in [0.2, 0.25) is 5.69 Å². The Labute approximate surface area is 180 Å². The summed E-state index contributed by atoms with van der Waals surface area (Å²) in [5, 5.41) is 9.48. The van der Waals surface area contributed by atoms with Crippen molar-refractivity contribution in [3.05, 3.63) is 65.2 Å². The standard InChI is InChI=1S/C26H32N2O2/c1-25(2,3)17-28-22-14-11-19(24(29)30)16-21(22)26(4,5)23(28)15-10-18-8-12-20(13-9-18)27(6)7/h8-16H,17H2,1-7H3/p+1. The first-order valence-corrected chi connectivity index (χ1v) is 10.4. The van der Waals surface area contributed by atoms with E-state index in [4.69, 9.17) is 0 Å². The number of carboxylic acids is 1. The second kappa shape index (κ2) is 7.75. The number of nitrogens with zero attached hydrogens (tertiary/aromatic N) is 2. The topological polar surface area (TPSA) is 43.5 Å². The number of benzene rings is 2. The third-order valence-corrected chi connectivity index (χ3v) is 5.61. The van der Waals surface area contributed by atoms with Crippen LogP contribution < -0.4 is 4.90 Å². The molecule has 0 unspecified atom stereocenters. The van der Waals surface area contributed by atoms with Crippen molar-refractivity contribution < 1.29 is 14.5 Å². The Morgan fingerprint density at radius 3 is 2.23 bits per heavy atom. The fourth-order valence-corrected chi connectivity index (χ4v) is 4.01. The largest absolute Gasteiger partial charge is 0.478 e. The second-order valence-electron chi connectivity index (χ2n) is 10.0. The Balaban J connectivity index is 2.08. The van der Waals surface area contributed by atoms with Crippen molar-refractivity contribution in [3.8, 4) is 0 Å². The molecule has 1 aliphatic heterocycles. The maximum atomic E-state index is 11.6. The van der Waals surface area contributed by atoms with E-state index in [2.05, 4.69) is 80.5 Å². The normalized spacial score (nSPS) is 15.6. The SMILES string of the molecule is CN(C)c1ccc(/C=C/C2=[N+](CC(C)(C)C)c3ccc(C(=O)O)cc3C2(C)C)cc1. The summed E-state index contributed by atoms with van der Waals surface area (Å²) >= 11 is 0. The Bertz CT molecular complexity index is 1020. The summed E-state index contributed by atoms with van der Waals surface area (Å²) in [5.41, 5.74) is 5.80. The molecule has 3 rings (SSSR count). The fraction of sp³-hybridized carbons (Fsp3) is 0.385. The maximum Gasteiger partial charge on any atom is 0.335 e. The fourth-order valence-electron chi connectivity index (χ4n) is 4.01. The molecule has 0 aliphatic carbocycles. The predicted molar refractivity (Wildman–Crippen MR) is 125 cm³/mol. The number of carbonyl (C=O) groups is 1. The third-order valence-electron chi connectivity index (χ3n) is 5.61. The van der Waals surface area contributed by atoms with Gasteiger partial charge in [-0.3, -0.25) is 0 Å². The molecule has 30 heavy (non-hydrogen) atoms. The molecule has 0 atom stereocenters. The van der Waals surface area contributed by atoms with Crippen molar-refractivity contribution in [1.29, 1.82) is 0 Å². The lowest BCUT2D eigenvalue weighted by Crippen LogP contribution is -2.30. The molecular formula is C26H33N2O2+. The van der Waals surface area contributed by atoms with E-state index in [1.165, 1.54) is 11.4 Å². The van der Waals surface area contributed by atoms with Gasteiger partial charge in [-0.25, -0.2) is 4.79 Å². The molecular weight excluding hydrogens is 372 g/mol. The summed E-state index contributed by atoms with van der Waals surface area (Å²) in [7, 11) is 4.07. The second-order valence-corrected chi connectivity index (χ2v) is 10.0. The molecule has 0 fully saturated rings. The number of aromatic carboxylic acids is 1. The van der Waals surface area contributed by atoms with E-state index in [1.807, 2.05) is 26.2 Å². The van der Waals surface area contributed by atoms with E-state index < -0.39 is 5.97 Å². The zero-order valence-corrected chi connectivity index (χ0v) is 19.2. The maximum absolute atomic E-state index is 11.6. The first kappa shape index (κ1) is 21.8. The van der Waals surface area contributed by atoms with Crippen LogP contribution in [0.2, 0.25) is 0 Å². The van der Waals surface area contributed by atoms with Crippen molar-refractivity contribution >= 4 is 29.1 Å². The Hall–Kier alpha value is -2.88. The summed E-state index contributed by atoms with van der Waals surface area (Å²) in [6.07, 6.45) is 4.34. The van der Waals surface area contributed by atoms with Gasteiger partial charge in [-0.1, -0.05) is 32.9 Å². The Morgan fingerprint density at radius 1 is 1.07 bits per heavy atom. The predicted octanol–water partition coefficient (Wildman–Crippen LogP) is 5.59. The highest BCUT2D eigenvalue weighted by Crippen LogP contribution is 2.41. The molecule has 4 heteroatoms. The lowest BCUT2D eigenvalue weighted by molar-refractivity contribution is -0.453. The molecule has 2 aromatic rings. The van der Waals surface area contributed by atoms with Crippen molar-refractivity contribution in [1.82, 2.24) is 0 Å². The first-order chi connectivity index (χ1) is 13.9. The van der Waals surface area contributed by atoms with Gasteiger partial charge in [-0.2, -0.15) is 4.58 Å². The molecule has 0 saturated carbocycles. The van der Waals surface area contributed by atoms with Crippen LogP contribution in [0.4, 0.5) is 11.4 Å². The number of hydrogen-bond donors (Lipinski definition) is 1. The average molecular weight is 406 g/mol. The van der Waals surface area contributed by atoms with Crippen molar-refractivity contribution in [2.45, 2.75) is 40.0 Å². The van der Waals surface area contributed by atoms with Gasteiger partial charge >= 0.3 is 5.97 Å². The monoisotopic (exact) mass is 405 g/mol. The van der Waals surface area contributed by atoms with Crippen LogP contribution in [-0.2, 0) is 5.41 Å². The third kappa shape index (κ3) is 4.33. The van der Waals surface area contributed by atoms with E-state index in [-0.39, 0.29) is 10.8 Å². The van der Waals surface area contributed by atoms with Crippen LogP contribution in [0.5, 0.6) is 0 Å². The van der Waals surface area contributed by atoms with Crippen molar-refractivity contribution in [3.63, 3.8) is 0 Å². The van der Waals surface area contributed by atoms with Gasteiger partial charge < -0.3 is 10.0 Å². The summed E-state index contributed by atoms with van der Waals surface area (Å²) in [5.74, 6) is -0.888. The van der Waals surface area contributed by atoms with Crippen molar-refractivity contribution in [2.75, 3.05) is 25.5 Å². The Kier molecular flexibility index (Phi) is 5.64. The van der Waals surface area contributed by atoms with Crippen LogP contribution in [0.25, 0.3) is 6.08 Å². The van der Waals surface area contributed by atoms with E-state index >= 15 is 0 Å². The van der Waals surface area contributed by atoms with Crippen LogP contribution in [0.3, 0.4) is 0 Å². The van der Waals surface area contributed by atoms with Gasteiger partial charge in [0.25, 0.3) is 0 Å². The number of carboxylic acid groups (broad SMARTS) is 1. The van der Waals surface area contributed by atoms with Crippen LogP contribution in [-0.4, -0.2) is 42.0 Å². The molecule has 0 spiro atoms. The quantitative estimate of drug-likeness (QED) is 0.660. The minimum atomic E-state index is -0.888. The molecule has 0 aromatic heterocycles. The minimum absolute atomic E-state index is 0.0929. The Morgan fingerprint density at radius 2 is 1.70 bits per heavy atom. The van der Waals surface area contributed by atoms with Crippen LogP contribution >= 0.6 is 0 Å². The number of anilines is 1. The van der Waals surface area contributed by atoms with Crippen molar-refractivity contribution in [2.24, 2.45) is 5.41 Å². The van der Waals surface area contributed by atoms with Crippen LogP contribution in [0, 0.1) is 5.41 Å². The van der Waals surface area contributed by atoms with Gasteiger partial charge in [0.15, 0.2) is 12.3 Å². The lowest BCUT2D eigenvalue weighted by Gasteiger charge is -2.17. The first-order valence-electron chi connectivity index (χ1n) is 10.4. The number of fused-ring (bicyclic) bond motifs is 1. The van der Waals surface area contributed by atoms with E-state index in [1.54, 1.807) is 6.07 Å². The minimum Gasteiger partial charge on any atom is -0.478 e. The van der Waals surface area contributed by atoms with Gasteiger partial charge in [0.05, 0.1) is 11.0 Å². The smallest absolute Gasteiger partial charge is 0.335 e. The average Bonchev–Trinajstić information content (AvgIpc) is 2.85. The molecule has 158 valence electrons. The van der Waals surface area contributed by atoms with E-state index in [0.29, 0.717) is 5.56 Å². The number of hydrogen-bond acceptors (Lipinski definition) is 2. The number of rotatable bonds is 5. The van der Waals surface area contributed by atoms with Crippen LogP contribution in [0.15, 0.2) is 48.5 Å². The van der Waals surface area contributed by atoms with Gasteiger partial charge in [-0.15, -0.1) is 0 Å². The molecule has 1 heterocycles. The number of allylic oxidation sites excluding steroid dienone is 1. The molecule has 2 aromatic carbocycles. The molecule has 0 saturated heterocycles. The molecule has 1 aliphatic rings. The molecule has 0 radical (unpaired) electrons. The summed E-state index contributed by atoms with van der Waals surface area (Å²) in [4.78, 5) is 13.6. The highest BCUT2D eigenvalue weighted by atomic mass is 16.4. The van der Waals surface area contributed by atoms with Gasteiger partial charge in [-0.05, 0) is 49.8 Å². The van der Waals surface area contributed by atoms with Gasteiger partial charge in [0.1, 0.15) is 0 Å². The molecule has 4 nitrogen and oxygen atoms in total. The zero-order valence-electron chi connectivity index (χ0n) is 19.2. The zero-order chi connectivity index (χ0) is 22.3. The molecule has 0 amide bonds. The summed E-state index contributed by atoms with van der Waals surface area (Å²) in [6.45, 7) is 11.9. The summed E-state index contributed by atoms with van der Waals surface area (Å²) < 4.78 is 2.35. The van der Waals surface area contributed by atoms with E-state index in [9.17, 15) is 9.90 Å². The molecule has 0 bridgehead atoms. The molecule has 1 N–H and O–H groups in total. The van der Waals surface area contributed by atoms with E-state index in [0.717, 1.165) is 23.4 Å².